The summed E-state index contributed by atoms with van der Waals surface area (Å²) in [5.74, 6) is -0.509. The molecule has 1 amide bonds. The van der Waals surface area contributed by atoms with Crippen molar-refractivity contribution < 1.29 is 9.18 Å². The number of nitrogens with one attached hydrogen (secondary N) is 1. The smallest absolute Gasteiger partial charge is 0.233 e. The van der Waals surface area contributed by atoms with Crippen LogP contribution in [0.2, 0.25) is 0 Å². The van der Waals surface area contributed by atoms with Gasteiger partial charge in [0.25, 0.3) is 0 Å². The van der Waals surface area contributed by atoms with E-state index < -0.39 is 5.25 Å². The third-order valence-electron chi connectivity index (χ3n) is 3.03. The molecule has 0 aliphatic carbocycles. The molecular weight excluding hydrogens is 319 g/mol. The first-order chi connectivity index (χ1) is 10.8. The lowest BCUT2D eigenvalue weighted by molar-refractivity contribution is -0.120. The quantitative estimate of drug-likeness (QED) is 0.708. The summed E-state index contributed by atoms with van der Waals surface area (Å²) in [6.45, 7) is 3.54. The summed E-state index contributed by atoms with van der Waals surface area (Å²) in [6, 6.07) is 5.72. The number of thioether (sulfide) groups is 1. The van der Waals surface area contributed by atoms with Crippen molar-refractivity contribution in [1.29, 1.82) is 0 Å². The average Bonchev–Trinajstić information content (AvgIpc) is 2.46. The molecule has 0 spiro atoms. The summed E-state index contributed by atoms with van der Waals surface area (Å²) < 4.78 is 12.9. The highest BCUT2D eigenvalue weighted by molar-refractivity contribution is 8.00. The van der Waals surface area contributed by atoms with Gasteiger partial charge in [-0.25, -0.2) is 4.39 Å². The Morgan fingerprint density at radius 2 is 1.70 bits per heavy atom. The molecule has 7 nitrogen and oxygen atoms in total. The maximum absolute atomic E-state index is 12.9. The van der Waals surface area contributed by atoms with Gasteiger partial charge in [0.1, 0.15) is 5.82 Å². The molecule has 0 aliphatic rings. The molecule has 2 aromatic rings. The molecule has 2 rings (SSSR count). The van der Waals surface area contributed by atoms with Crippen molar-refractivity contribution in [3.05, 3.63) is 35.6 Å². The summed E-state index contributed by atoms with van der Waals surface area (Å²) in [5, 5.41) is 2.67. The SMILES string of the molecule is C[C@@H](Sc1nc(N)nc(N)n1)C(=O)N[C@H](C)c1ccc(F)cc1. The van der Waals surface area contributed by atoms with Gasteiger partial charge < -0.3 is 16.8 Å². The molecule has 0 unspecified atom stereocenters. The monoisotopic (exact) mass is 336 g/mol. The maximum atomic E-state index is 12.9. The Bertz CT molecular complexity index is 676. The standard InChI is InChI=1S/C14H17FN6OS/c1-7(9-3-5-10(15)6-4-9)18-11(22)8(2)23-14-20-12(16)19-13(17)21-14/h3-8H,1-2H3,(H,18,22)(H4,16,17,19,20,21)/t7-,8-/m1/s1. The van der Waals surface area contributed by atoms with Crippen LogP contribution in [0.5, 0.6) is 0 Å². The van der Waals surface area contributed by atoms with Crippen LogP contribution in [0, 0.1) is 5.82 Å². The second kappa shape index (κ2) is 7.23. The van der Waals surface area contributed by atoms with Crippen LogP contribution in [-0.4, -0.2) is 26.1 Å². The lowest BCUT2D eigenvalue weighted by Crippen LogP contribution is -2.33. The van der Waals surface area contributed by atoms with Crippen LogP contribution in [0.15, 0.2) is 29.4 Å². The van der Waals surface area contributed by atoms with Crippen molar-refractivity contribution >= 4 is 29.6 Å². The first kappa shape index (κ1) is 16.9. The Morgan fingerprint density at radius 1 is 1.13 bits per heavy atom. The number of anilines is 2. The lowest BCUT2D eigenvalue weighted by Gasteiger charge is -2.17. The van der Waals surface area contributed by atoms with E-state index >= 15 is 0 Å². The number of carbonyl (C=O) groups excluding carboxylic acids is 1. The van der Waals surface area contributed by atoms with Crippen LogP contribution in [0.25, 0.3) is 0 Å². The van der Waals surface area contributed by atoms with E-state index in [0.717, 1.165) is 17.3 Å². The number of halogens is 1. The molecular formula is C14H17FN6OS. The number of benzene rings is 1. The molecule has 0 fully saturated rings. The molecule has 0 saturated heterocycles. The molecule has 1 heterocycles. The second-order valence-electron chi connectivity index (χ2n) is 4.88. The van der Waals surface area contributed by atoms with Crippen LogP contribution in [0.1, 0.15) is 25.5 Å². The molecule has 1 aromatic carbocycles. The summed E-state index contributed by atoms with van der Waals surface area (Å²) in [6.07, 6.45) is 0. The van der Waals surface area contributed by atoms with Gasteiger partial charge in [0, 0.05) is 0 Å². The van der Waals surface area contributed by atoms with Crippen molar-refractivity contribution in [2.45, 2.75) is 30.3 Å². The van der Waals surface area contributed by atoms with Gasteiger partial charge in [0.15, 0.2) is 5.16 Å². The predicted octanol–water partition coefficient (Wildman–Crippen LogP) is 1.53. The fraction of sp³-hybridized carbons (Fsp3) is 0.286. The van der Waals surface area contributed by atoms with Crippen molar-refractivity contribution in [3.63, 3.8) is 0 Å². The van der Waals surface area contributed by atoms with Crippen molar-refractivity contribution in [1.82, 2.24) is 20.3 Å². The van der Waals surface area contributed by atoms with E-state index in [9.17, 15) is 9.18 Å². The minimum atomic E-state index is -0.459. The molecule has 23 heavy (non-hydrogen) atoms. The largest absolute Gasteiger partial charge is 0.368 e. The third-order valence-corrected chi connectivity index (χ3v) is 3.99. The number of nitrogens with two attached hydrogens (primary N) is 2. The molecule has 0 radical (unpaired) electrons. The molecule has 122 valence electrons. The topological polar surface area (TPSA) is 120 Å². The number of nitrogen functional groups attached to an aromatic ring is 2. The number of aromatic nitrogens is 3. The highest BCUT2D eigenvalue weighted by Crippen LogP contribution is 2.21. The number of rotatable bonds is 5. The molecule has 9 heteroatoms. The van der Waals surface area contributed by atoms with E-state index in [-0.39, 0.29) is 34.8 Å². The predicted molar refractivity (Wildman–Crippen MR) is 86.9 cm³/mol. The second-order valence-corrected chi connectivity index (χ2v) is 6.18. The van der Waals surface area contributed by atoms with E-state index in [4.69, 9.17) is 11.5 Å². The summed E-state index contributed by atoms with van der Waals surface area (Å²) in [4.78, 5) is 23.7. The summed E-state index contributed by atoms with van der Waals surface area (Å²) >= 11 is 1.13. The first-order valence-corrected chi connectivity index (χ1v) is 7.72. The zero-order chi connectivity index (χ0) is 17.0. The number of hydrogen-bond acceptors (Lipinski definition) is 7. The molecule has 0 bridgehead atoms. The molecule has 0 aliphatic heterocycles. The number of carbonyl (C=O) groups is 1. The normalized spacial score (nSPS) is 13.3. The zero-order valence-corrected chi connectivity index (χ0v) is 13.5. The molecule has 0 saturated carbocycles. The molecule has 5 N–H and O–H groups in total. The summed E-state index contributed by atoms with van der Waals surface area (Å²) in [7, 11) is 0. The van der Waals surface area contributed by atoms with Gasteiger partial charge in [0.05, 0.1) is 11.3 Å². The first-order valence-electron chi connectivity index (χ1n) is 6.84. The van der Waals surface area contributed by atoms with E-state index in [1.54, 1.807) is 19.1 Å². The van der Waals surface area contributed by atoms with Crippen molar-refractivity contribution in [2.75, 3.05) is 11.5 Å². The van der Waals surface area contributed by atoms with Crippen LogP contribution >= 0.6 is 11.8 Å². The molecule has 1 aromatic heterocycles. The minimum Gasteiger partial charge on any atom is -0.368 e. The van der Waals surface area contributed by atoms with Gasteiger partial charge in [-0.05, 0) is 31.5 Å². The number of amides is 1. The van der Waals surface area contributed by atoms with Gasteiger partial charge in [-0.1, -0.05) is 23.9 Å². The highest BCUT2D eigenvalue weighted by Gasteiger charge is 2.19. The molecule has 2 atom stereocenters. The number of nitrogens with zero attached hydrogens (tertiary/aromatic N) is 3. The van der Waals surface area contributed by atoms with Gasteiger partial charge in [-0.3, -0.25) is 4.79 Å². The lowest BCUT2D eigenvalue weighted by atomic mass is 10.1. The Hall–Kier alpha value is -2.42. The fourth-order valence-corrected chi connectivity index (χ4v) is 2.60. The van der Waals surface area contributed by atoms with Gasteiger partial charge in [-0.15, -0.1) is 0 Å². The zero-order valence-electron chi connectivity index (χ0n) is 12.7. The van der Waals surface area contributed by atoms with Crippen LogP contribution < -0.4 is 16.8 Å². The van der Waals surface area contributed by atoms with Gasteiger partial charge in [-0.2, -0.15) is 15.0 Å². The average molecular weight is 336 g/mol. The van der Waals surface area contributed by atoms with E-state index in [2.05, 4.69) is 20.3 Å². The Morgan fingerprint density at radius 3 is 2.26 bits per heavy atom. The van der Waals surface area contributed by atoms with Crippen molar-refractivity contribution in [2.24, 2.45) is 0 Å². The van der Waals surface area contributed by atoms with E-state index in [1.807, 2.05) is 6.92 Å². The number of hydrogen-bond donors (Lipinski definition) is 3. The van der Waals surface area contributed by atoms with E-state index in [1.165, 1.54) is 12.1 Å². The highest BCUT2D eigenvalue weighted by atomic mass is 32.2. The van der Waals surface area contributed by atoms with Crippen molar-refractivity contribution in [3.8, 4) is 0 Å². The Kier molecular flexibility index (Phi) is 5.32. The Labute approximate surface area is 137 Å². The fourth-order valence-electron chi connectivity index (χ4n) is 1.82. The third kappa shape index (κ3) is 4.78. The van der Waals surface area contributed by atoms with Crippen LogP contribution in [0.4, 0.5) is 16.3 Å². The maximum Gasteiger partial charge on any atom is 0.233 e. The van der Waals surface area contributed by atoms with Crippen LogP contribution in [-0.2, 0) is 4.79 Å². The van der Waals surface area contributed by atoms with E-state index in [0.29, 0.717) is 0 Å². The van der Waals surface area contributed by atoms with Gasteiger partial charge in [0.2, 0.25) is 17.8 Å². The summed E-state index contributed by atoms with van der Waals surface area (Å²) in [5.41, 5.74) is 11.8. The minimum absolute atomic E-state index is 0.00675. The Balaban J connectivity index is 1.97. The van der Waals surface area contributed by atoms with Gasteiger partial charge >= 0.3 is 0 Å². The van der Waals surface area contributed by atoms with Crippen LogP contribution in [0.3, 0.4) is 0 Å².